The molecule has 0 bridgehead atoms. The van der Waals surface area contributed by atoms with E-state index in [0.29, 0.717) is 18.0 Å². The van der Waals surface area contributed by atoms with Crippen molar-refractivity contribution in [3.05, 3.63) is 53.6 Å². The predicted octanol–water partition coefficient (Wildman–Crippen LogP) is 2.82. The number of pyridine rings is 1. The van der Waals surface area contributed by atoms with Gasteiger partial charge in [-0.15, -0.1) is 0 Å². The molecule has 3 nitrogen and oxygen atoms in total. The third-order valence-electron chi connectivity index (χ3n) is 2.57. The molecule has 0 radical (unpaired) electrons. The van der Waals surface area contributed by atoms with Crippen LogP contribution in [0.25, 0.3) is 0 Å². The highest BCUT2D eigenvalue weighted by molar-refractivity contribution is 5.37. The van der Waals surface area contributed by atoms with Gasteiger partial charge in [-0.1, -0.05) is 0 Å². The number of nitrogens with two attached hydrogens (primary N) is 1. The summed E-state index contributed by atoms with van der Waals surface area (Å²) in [7, 11) is 0. The molecule has 4 heteroatoms. The van der Waals surface area contributed by atoms with Crippen molar-refractivity contribution in [2.24, 2.45) is 5.73 Å². The Hall–Kier alpha value is -1.94. The van der Waals surface area contributed by atoms with Gasteiger partial charge in [-0.3, -0.25) is 4.98 Å². The highest BCUT2D eigenvalue weighted by atomic mass is 19.1. The van der Waals surface area contributed by atoms with Crippen molar-refractivity contribution in [3.63, 3.8) is 0 Å². The zero-order valence-electron chi connectivity index (χ0n) is 10.2. The smallest absolute Gasteiger partial charge is 0.145 e. The van der Waals surface area contributed by atoms with Crippen LogP contribution in [0.3, 0.4) is 0 Å². The summed E-state index contributed by atoms with van der Waals surface area (Å²) in [5.41, 5.74) is 7.27. The largest absolute Gasteiger partial charge is 0.455 e. The van der Waals surface area contributed by atoms with E-state index in [-0.39, 0.29) is 5.82 Å². The summed E-state index contributed by atoms with van der Waals surface area (Å²) < 4.78 is 18.7. The molecule has 1 aromatic carbocycles. The minimum absolute atomic E-state index is 0.269. The summed E-state index contributed by atoms with van der Waals surface area (Å²) in [6.45, 7) is 2.37. The minimum atomic E-state index is -0.269. The SMILES string of the molecule is Cc1cc(F)ccc1Oc1cncc(CCN)c1. The first-order valence-corrected chi connectivity index (χ1v) is 5.77. The predicted molar refractivity (Wildman–Crippen MR) is 68.2 cm³/mol. The maximum atomic E-state index is 13.0. The molecule has 2 rings (SSSR count). The van der Waals surface area contributed by atoms with Gasteiger partial charge in [0.1, 0.15) is 17.3 Å². The Balaban J connectivity index is 2.20. The van der Waals surface area contributed by atoms with Gasteiger partial charge < -0.3 is 10.5 Å². The number of hydrogen-bond donors (Lipinski definition) is 1. The van der Waals surface area contributed by atoms with Crippen molar-refractivity contribution in [1.82, 2.24) is 4.98 Å². The highest BCUT2D eigenvalue weighted by Crippen LogP contribution is 2.25. The first kappa shape index (κ1) is 12.5. The van der Waals surface area contributed by atoms with Gasteiger partial charge in [-0.25, -0.2) is 4.39 Å². The molecule has 0 amide bonds. The van der Waals surface area contributed by atoms with Crippen LogP contribution in [0.4, 0.5) is 4.39 Å². The highest BCUT2D eigenvalue weighted by Gasteiger charge is 2.04. The average molecular weight is 246 g/mol. The molecule has 94 valence electrons. The number of aromatic nitrogens is 1. The van der Waals surface area contributed by atoms with Gasteiger partial charge in [0.2, 0.25) is 0 Å². The molecule has 0 fully saturated rings. The monoisotopic (exact) mass is 246 g/mol. The lowest BCUT2D eigenvalue weighted by Gasteiger charge is -2.09. The quantitative estimate of drug-likeness (QED) is 0.902. The molecule has 1 aromatic heterocycles. The maximum absolute atomic E-state index is 13.0. The first-order chi connectivity index (χ1) is 8.69. The fourth-order valence-electron chi connectivity index (χ4n) is 1.68. The van der Waals surface area contributed by atoms with E-state index in [2.05, 4.69) is 4.98 Å². The van der Waals surface area contributed by atoms with E-state index < -0.39 is 0 Å². The number of benzene rings is 1. The van der Waals surface area contributed by atoms with Crippen LogP contribution in [-0.4, -0.2) is 11.5 Å². The molecule has 18 heavy (non-hydrogen) atoms. The van der Waals surface area contributed by atoms with Crippen molar-refractivity contribution in [3.8, 4) is 11.5 Å². The van der Waals surface area contributed by atoms with Gasteiger partial charge in [0.25, 0.3) is 0 Å². The summed E-state index contributed by atoms with van der Waals surface area (Å²) in [5.74, 6) is 0.994. The number of rotatable bonds is 4. The third kappa shape index (κ3) is 3.05. The Morgan fingerprint density at radius 2 is 2.11 bits per heavy atom. The van der Waals surface area contributed by atoms with E-state index in [4.69, 9.17) is 10.5 Å². The van der Waals surface area contributed by atoms with Gasteiger partial charge in [-0.05, 0) is 55.3 Å². The van der Waals surface area contributed by atoms with Crippen molar-refractivity contribution >= 4 is 0 Å². The number of halogens is 1. The van der Waals surface area contributed by atoms with Crippen LogP contribution >= 0.6 is 0 Å². The Morgan fingerprint density at radius 3 is 2.83 bits per heavy atom. The van der Waals surface area contributed by atoms with Gasteiger partial charge in [0, 0.05) is 6.20 Å². The zero-order valence-corrected chi connectivity index (χ0v) is 10.2. The molecule has 0 saturated carbocycles. The summed E-state index contributed by atoms with van der Waals surface area (Å²) in [6.07, 6.45) is 4.15. The second-order valence-corrected chi connectivity index (χ2v) is 4.08. The van der Waals surface area contributed by atoms with Gasteiger partial charge in [0.15, 0.2) is 0 Å². The van der Waals surface area contributed by atoms with E-state index in [1.807, 2.05) is 6.07 Å². The number of nitrogens with zero attached hydrogens (tertiary/aromatic N) is 1. The maximum Gasteiger partial charge on any atom is 0.145 e. The van der Waals surface area contributed by atoms with Crippen LogP contribution in [0.5, 0.6) is 11.5 Å². The number of ether oxygens (including phenoxy) is 1. The van der Waals surface area contributed by atoms with Gasteiger partial charge in [-0.2, -0.15) is 0 Å². The second-order valence-electron chi connectivity index (χ2n) is 4.08. The van der Waals surface area contributed by atoms with E-state index in [1.165, 1.54) is 12.1 Å². The molecule has 2 aromatic rings. The van der Waals surface area contributed by atoms with E-state index in [1.54, 1.807) is 25.4 Å². The lowest BCUT2D eigenvalue weighted by atomic mass is 10.2. The Labute approximate surface area is 105 Å². The lowest BCUT2D eigenvalue weighted by molar-refractivity contribution is 0.473. The van der Waals surface area contributed by atoms with E-state index in [9.17, 15) is 4.39 Å². The van der Waals surface area contributed by atoms with Crippen LogP contribution < -0.4 is 10.5 Å². The van der Waals surface area contributed by atoms with Crippen molar-refractivity contribution in [2.75, 3.05) is 6.54 Å². The Morgan fingerprint density at radius 1 is 1.28 bits per heavy atom. The average Bonchev–Trinajstić information content (AvgIpc) is 2.34. The topological polar surface area (TPSA) is 48.1 Å². The fraction of sp³-hybridized carbons (Fsp3) is 0.214. The standard InChI is InChI=1S/C14H15FN2O/c1-10-6-12(15)2-3-14(10)18-13-7-11(4-5-16)8-17-9-13/h2-3,6-9H,4-5,16H2,1H3. The summed E-state index contributed by atoms with van der Waals surface area (Å²) >= 11 is 0. The summed E-state index contributed by atoms with van der Waals surface area (Å²) in [4.78, 5) is 4.09. The molecule has 0 aliphatic carbocycles. The molecule has 2 N–H and O–H groups in total. The molecule has 0 saturated heterocycles. The Bertz CT molecular complexity index is 543. The van der Waals surface area contributed by atoms with Gasteiger partial charge >= 0.3 is 0 Å². The summed E-state index contributed by atoms with van der Waals surface area (Å²) in [6, 6.07) is 6.31. The molecule has 0 aliphatic heterocycles. The molecule has 0 aliphatic rings. The van der Waals surface area contributed by atoms with Crippen molar-refractivity contribution in [2.45, 2.75) is 13.3 Å². The Kier molecular flexibility index (Phi) is 3.89. The third-order valence-corrected chi connectivity index (χ3v) is 2.57. The van der Waals surface area contributed by atoms with E-state index >= 15 is 0 Å². The number of aryl methyl sites for hydroxylation is 1. The second kappa shape index (κ2) is 5.60. The fourth-order valence-corrected chi connectivity index (χ4v) is 1.68. The van der Waals surface area contributed by atoms with Crippen molar-refractivity contribution in [1.29, 1.82) is 0 Å². The molecule has 0 unspecified atom stereocenters. The minimum Gasteiger partial charge on any atom is -0.455 e. The van der Waals surface area contributed by atoms with Crippen LogP contribution in [0, 0.1) is 12.7 Å². The van der Waals surface area contributed by atoms with Crippen LogP contribution in [-0.2, 0) is 6.42 Å². The summed E-state index contributed by atoms with van der Waals surface area (Å²) in [5, 5.41) is 0. The van der Waals surface area contributed by atoms with Crippen molar-refractivity contribution < 1.29 is 9.13 Å². The van der Waals surface area contributed by atoms with Crippen LogP contribution in [0.15, 0.2) is 36.7 Å². The lowest BCUT2D eigenvalue weighted by Crippen LogP contribution is -2.03. The normalized spacial score (nSPS) is 10.4. The first-order valence-electron chi connectivity index (χ1n) is 5.77. The zero-order chi connectivity index (χ0) is 13.0. The number of hydrogen-bond acceptors (Lipinski definition) is 3. The molecule has 1 heterocycles. The van der Waals surface area contributed by atoms with E-state index in [0.717, 1.165) is 17.5 Å². The molecular formula is C14H15FN2O. The molecule has 0 spiro atoms. The van der Waals surface area contributed by atoms with Crippen LogP contribution in [0.2, 0.25) is 0 Å². The van der Waals surface area contributed by atoms with Gasteiger partial charge in [0.05, 0.1) is 6.20 Å². The molecule has 0 atom stereocenters. The molecular weight excluding hydrogens is 231 g/mol. The van der Waals surface area contributed by atoms with Crippen LogP contribution in [0.1, 0.15) is 11.1 Å².